The van der Waals surface area contributed by atoms with E-state index in [2.05, 4.69) is 15.6 Å². The number of carbonyl (C=O) groups is 2. The van der Waals surface area contributed by atoms with Crippen molar-refractivity contribution in [2.45, 2.75) is 43.7 Å². The van der Waals surface area contributed by atoms with Crippen LogP contribution in [-0.2, 0) is 14.8 Å². The number of aromatic nitrogens is 3. The summed E-state index contributed by atoms with van der Waals surface area (Å²) in [6, 6.07) is 21.9. The van der Waals surface area contributed by atoms with Crippen LogP contribution in [0.3, 0.4) is 0 Å². The summed E-state index contributed by atoms with van der Waals surface area (Å²) in [6.45, 7) is 6.30. The quantitative estimate of drug-likeness (QED) is 0.196. The van der Waals surface area contributed by atoms with Gasteiger partial charge in [0.25, 0.3) is 15.9 Å². The van der Waals surface area contributed by atoms with E-state index in [-0.39, 0.29) is 21.9 Å². The zero-order valence-electron chi connectivity index (χ0n) is 26.0. The van der Waals surface area contributed by atoms with Crippen LogP contribution < -0.4 is 10.6 Å². The fourth-order valence-corrected chi connectivity index (χ4v) is 7.00. The first-order valence-electron chi connectivity index (χ1n) is 15.0. The number of anilines is 2. The van der Waals surface area contributed by atoms with E-state index in [1.54, 1.807) is 92.4 Å². The van der Waals surface area contributed by atoms with Gasteiger partial charge in [-0.2, -0.15) is 0 Å². The van der Waals surface area contributed by atoms with E-state index < -0.39 is 21.7 Å². The second-order valence-electron chi connectivity index (χ2n) is 12.1. The van der Waals surface area contributed by atoms with Crippen LogP contribution in [0.2, 0.25) is 5.02 Å². The van der Waals surface area contributed by atoms with E-state index in [1.807, 2.05) is 12.1 Å². The summed E-state index contributed by atoms with van der Waals surface area (Å²) in [4.78, 5) is 36.3. The number of hydrogen-bond donors (Lipinski definition) is 2. The van der Waals surface area contributed by atoms with Gasteiger partial charge in [-0.15, -0.1) is 0 Å². The molecule has 0 saturated carbocycles. The first-order chi connectivity index (χ1) is 22.4. The van der Waals surface area contributed by atoms with Gasteiger partial charge in [0.15, 0.2) is 0 Å². The van der Waals surface area contributed by atoms with Crippen molar-refractivity contribution >= 4 is 56.2 Å². The van der Waals surface area contributed by atoms with Crippen molar-refractivity contribution < 1.29 is 22.7 Å². The molecule has 3 heterocycles. The number of fused-ring (bicyclic) bond motifs is 1. The topological polar surface area (TPSA) is 136 Å². The number of rotatable bonds is 7. The smallest absolute Gasteiger partial charge is 0.412 e. The highest BCUT2D eigenvalue weighted by Crippen LogP contribution is 2.36. The van der Waals surface area contributed by atoms with Gasteiger partial charge in [-0.05, 0) is 69.7 Å². The molecule has 13 heteroatoms. The number of nitrogens with one attached hydrogen (secondary N) is 2. The van der Waals surface area contributed by atoms with Crippen LogP contribution in [0.5, 0.6) is 0 Å². The number of ether oxygens (including phenoxy) is 1. The van der Waals surface area contributed by atoms with Gasteiger partial charge in [-0.1, -0.05) is 48.0 Å². The van der Waals surface area contributed by atoms with Crippen LogP contribution >= 0.6 is 11.6 Å². The van der Waals surface area contributed by atoms with E-state index in [0.29, 0.717) is 58.9 Å². The first kappa shape index (κ1) is 32.0. The van der Waals surface area contributed by atoms with Crippen molar-refractivity contribution in [3.05, 3.63) is 102 Å². The molecule has 0 unspecified atom stereocenters. The lowest BCUT2D eigenvalue weighted by Crippen LogP contribution is -2.32. The van der Waals surface area contributed by atoms with Crippen molar-refractivity contribution in [3.63, 3.8) is 0 Å². The van der Waals surface area contributed by atoms with Gasteiger partial charge < -0.3 is 15.0 Å². The number of likely N-dealkylation sites (tertiary alicyclic amines) is 1. The number of carbonyl (C=O) groups excluding carboxylic acids is 2. The molecule has 1 aliphatic heterocycles. The summed E-state index contributed by atoms with van der Waals surface area (Å²) in [5.41, 5.74) is 1.82. The highest BCUT2D eigenvalue weighted by Gasteiger charge is 2.28. The molecule has 6 rings (SSSR count). The fourth-order valence-electron chi connectivity index (χ4n) is 5.41. The fraction of sp³-hybridized carbons (Fsp3) is 0.235. The minimum atomic E-state index is -3.89. The zero-order chi connectivity index (χ0) is 33.3. The standard InChI is InChI=1S/C34H33ClN6O5S/c1-34(2,3)46-33(43)38-23-15-13-22(14-16-23)31(42)40-18-17-24(20-40)37-32-36-19-28(35)30(39-32)27-21-41(29-12-8-7-11-26(27)29)47(44,45)25-9-5-4-6-10-25/h4-16,19,21,24H,17-18,20H2,1-3H3,(H,38,43)(H,36,37,39)/t24-/m0/s1. The molecule has 1 fully saturated rings. The molecule has 2 N–H and O–H groups in total. The number of benzene rings is 3. The van der Waals surface area contributed by atoms with E-state index in [9.17, 15) is 18.0 Å². The molecule has 2 amide bonds. The number of para-hydroxylation sites is 1. The summed E-state index contributed by atoms with van der Waals surface area (Å²) >= 11 is 6.59. The number of hydrogen-bond acceptors (Lipinski definition) is 8. The summed E-state index contributed by atoms with van der Waals surface area (Å²) in [6.07, 6.45) is 3.12. The Morgan fingerprint density at radius 2 is 1.68 bits per heavy atom. The third-order valence-corrected chi connectivity index (χ3v) is 9.53. The van der Waals surface area contributed by atoms with Crippen molar-refractivity contribution in [2.75, 3.05) is 23.7 Å². The predicted octanol–water partition coefficient (Wildman–Crippen LogP) is 6.66. The minimum Gasteiger partial charge on any atom is -0.444 e. The van der Waals surface area contributed by atoms with Crippen LogP contribution in [0.4, 0.5) is 16.4 Å². The summed E-state index contributed by atoms with van der Waals surface area (Å²) in [5.74, 6) is 0.173. The molecule has 0 bridgehead atoms. The van der Waals surface area contributed by atoms with E-state index in [4.69, 9.17) is 21.3 Å². The Morgan fingerprint density at radius 1 is 0.979 bits per heavy atom. The molecule has 0 radical (unpaired) electrons. The van der Waals surface area contributed by atoms with Crippen LogP contribution in [0.1, 0.15) is 37.6 Å². The number of nitrogens with zero attached hydrogens (tertiary/aromatic N) is 4. The Labute approximate surface area is 277 Å². The van der Waals surface area contributed by atoms with Crippen molar-refractivity contribution in [3.8, 4) is 11.3 Å². The second kappa shape index (κ2) is 12.7. The zero-order valence-corrected chi connectivity index (χ0v) is 27.5. The molecular formula is C34H33ClN6O5S. The summed E-state index contributed by atoms with van der Waals surface area (Å²) in [5, 5.41) is 6.91. The van der Waals surface area contributed by atoms with Gasteiger partial charge >= 0.3 is 6.09 Å². The number of amides is 2. The third-order valence-electron chi connectivity index (χ3n) is 7.56. The largest absolute Gasteiger partial charge is 0.444 e. The highest BCUT2D eigenvalue weighted by atomic mass is 35.5. The normalized spacial score (nSPS) is 15.1. The maximum absolute atomic E-state index is 13.6. The Hall–Kier alpha value is -4.94. The van der Waals surface area contributed by atoms with Crippen molar-refractivity contribution in [1.82, 2.24) is 18.8 Å². The minimum absolute atomic E-state index is 0.124. The van der Waals surface area contributed by atoms with Crippen LogP contribution in [-0.4, -0.2) is 64.0 Å². The average molecular weight is 673 g/mol. The predicted molar refractivity (Wildman–Crippen MR) is 181 cm³/mol. The molecule has 47 heavy (non-hydrogen) atoms. The Balaban J connectivity index is 1.17. The number of halogens is 1. The summed E-state index contributed by atoms with van der Waals surface area (Å²) in [7, 11) is -3.89. The molecule has 1 atom stereocenters. The first-order valence-corrected chi connectivity index (χ1v) is 16.8. The average Bonchev–Trinajstić information content (AvgIpc) is 3.67. The van der Waals surface area contributed by atoms with Crippen LogP contribution in [0.25, 0.3) is 22.2 Å². The highest BCUT2D eigenvalue weighted by molar-refractivity contribution is 7.90. The maximum Gasteiger partial charge on any atom is 0.412 e. The van der Waals surface area contributed by atoms with E-state index in [0.717, 1.165) is 0 Å². The van der Waals surface area contributed by atoms with E-state index >= 15 is 0 Å². The van der Waals surface area contributed by atoms with Gasteiger partial charge in [-0.25, -0.2) is 27.2 Å². The lowest BCUT2D eigenvalue weighted by atomic mass is 10.1. The SMILES string of the molecule is CC(C)(C)OC(=O)Nc1ccc(C(=O)N2CC[C@H](Nc3ncc(Cl)c(-c4cn(S(=O)(=O)c5ccccc5)c5ccccc45)n3)C2)cc1. The van der Waals surface area contributed by atoms with Gasteiger partial charge in [-0.3, -0.25) is 10.1 Å². The van der Waals surface area contributed by atoms with Gasteiger partial charge in [0.2, 0.25) is 5.95 Å². The molecule has 0 spiro atoms. The monoisotopic (exact) mass is 672 g/mol. The van der Waals surface area contributed by atoms with Gasteiger partial charge in [0.05, 0.1) is 27.3 Å². The Morgan fingerprint density at radius 3 is 2.40 bits per heavy atom. The lowest BCUT2D eigenvalue weighted by Gasteiger charge is -2.20. The van der Waals surface area contributed by atoms with Crippen molar-refractivity contribution in [1.29, 1.82) is 0 Å². The van der Waals surface area contributed by atoms with E-state index in [1.165, 1.54) is 16.4 Å². The van der Waals surface area contributed by atoms with Crippen LogP contribution in [0, 0.1) is 0 Å². The molecule has 1 saturated heterocycles. The van der Waals surface area contributed by atoms with Crippen molar-refractivity contribution in [2.24, 2.45) is 0 Å². The molecule has 1 aliphatic rings. The Kier molecular flexibility index (Phi) is 8.64. The second-order valence-corrected chi connectivity index (χ2v) is 14.4. The molecule has 3 aromatic carbocycles. The van der Waals surface area contributed by atoms with Gasteiger partial charge in [0, 0.05) is 47.5 Å². The van der Waals surface area contributed by atoms with Gasteiger partial charge in [0.1, 0.15) is 5.60 Å². The maximum atomic E-state index is 13.6. The third kappa shape index (κ3) is 6.93. The molecular weight excluding hydrogens is 640 g/mol. The molecule has 0 aliphatic carbocycles. The lowest BCUT2D eigenvalue weighted by molar-refractivity contribution is 0.0635. The Bertz CT molecular complexity index is 2060. The molecule has 5 aromatic rings. The molecule has 2 aromatic heterocycles. The molecule has 11 nitrogen and oxygen atoms in total. The molecule has 242 valence electrons. The summed E-state index contributed by atoms with van der Waals surface area (Å²) < 4.78 is 33.7. The van der Waals surface area contributed by atoms with Crippen LogP contribution in [0.15, 0.2) is 96.2 Å².